The van der Waals surface area contributed by atoms with Gasteiger partial charge in [0.25, 0.3) is 0 Å². The average molecular weight is 160 g/mol. The van der Waals surface area contributed by atoms with Crippen LogP contribution < -0.4 is 0 Å². The second-order valence-corrected chi connectivity index (χ2v) is 2.30. The molecule has 10 heavy (non-hydrogen) atoms. The van der Waals surface area contributed by atoms with Crippen molar-refractivity contribution in [2.75, 3.05) is 13.2 Å². The fourth-order valence-electron chi connectivity index (χ4n) is 0.435. The molecular formula is C6H12O3Si. The first kappa shape index (κ1) is 9.39. The Morgan fingerprint density at radius 3 is 2.80 bits per heavy atom. The van der Waals surface area contributed by atoms with E-state index in [1.54, 1.807) is 0 Å². The number of hydrogen-bond donors (Lipinski definition) is 0. The van der Waals surface area contributed by atoms with Crippen LogP contribution in [0.5, 0.6) is 0 Å². The molecule has 0 saturated carbocycles. The minimum atomic E-state index is -0.367. The van der Waals surface area contributed by atoms with Gasteiger partial charge in [0, 0.05) is 19.1 Å². The molecule has 3 nitrogen and oxygen atoms in total. The fraction of sp³-hybridized carbons (Fsp3) is 0.500. The summed E-state index contributed by atoms with van der Waals surface area (Å²) >= 11 is 0. The van der Waals surface area contributed by atoms with Gasteiger partial charge in [0.2, 0.25) is 0 Å². The lowest BCUT2D eigenvalue weighted by atomic mass is 10.5. The molecule has 0 heterocycles. The van der Waals surface area contributed by atoms with Crippen molar-refractivity contribution in [3.05, 3.63) is 12.7 Å². The number of rotatable bonds is 5. The van der Waals surface area contributed by atoms with Gasteiger partial charge in [-0.15, -0.1) is 0 Å². The van der Waals surface area contributed by atoms with Crippen molar-refractivity contribution in [1.29, 1.82) is 0 Å². The van der Waals surface area contributed by atoms with E-state index in [9.17, 15) is 4.79 Å². The van der Waals surface area contributed by atoms with E-state index in [2.05, 4.69) is 11.3 Å². The molecule has 0 aromatic rings. The van der Waals surface area contributed by atoms with Crippen molar-refractivity contribution in [2.24, 2.45) is 0 Å². The molecule has 0 aliphatic rings. The van der Waals surface area contributed by atoms with E-state index in [0.29, 0.717) is 13.2 Å². The number of carbonyl (C=O) groups excluding carboxylic acids is 1. The summed E-state index contributed by atoms with van der Waals surface area (Å²) in [6.07, 6.45) is 1.92. The van der Waals surface area contributed by atoms with E-state index < -0.39 is 0 Å². The summed E-state index contributed by atoms with van der Waals surface area (Å²) in [5, 5.41) is 0. The van der Waals surface area contributed by atoms with Gasteiger partial charge >= 0.3 is 5.97 Å². The normalized spacial score (nSPS) is 9.20. The highest BCUT2D eigenvalue weighted by Gasteiger charge is 1.92. The maximum atomic E-state index is 10.4. The molecule has 0 amide bonds. The molecule has 0 fully saturated rings. The Morgan fingerprint density at radius 1 is 1.60 bits per heavy atom. The van der Waals surface area contributed by atoms with E-state index in [0.717, 1.165) is 23.0 Å². The van der Waals surface area contributed by atoms with Gasteiger partial charge in [0.15, 0.2) is 0 Å². The zero-order chi connectivity index (χ0) is 7.82. The van der Waals surface area contributed by atoms with Gasteiger partial charge in [-0.05, 0) is 0 Å². The third kappa shape index (κ3) is 5.52. The van der Waals surface area contributed by atoms with Crippen molar-refractivity contribution >= 4 is 16.5 Å². The summed E-state index contributed by atoms with van der Waals surface area (Å²) in [4.78, 5) is 10.4. The Hall–Kier alpha value is -0.613. The summed E-state index contributed by atoms with van der Waals surface area (Å²) in [6, 6.07) is 0. The summed E-state index contributed by atoms with van der Waals surface area (Å²) in [5.74, 6) is -0.367. The Morgan fingerprint density at radius 2 is 2.30 bits per heavy atom. The number of carbonyl (C=O) groups is 1. The van der Waals surface area contributed by atoms with Crippen LogP contribution in [0.1, 0.15) is 6.42 Å². The molecule has 0 aliphatic heterocycles. The number of ether oxygens (including phenoxy) is 1. The van der Waals surface area contributed by atoms with Crippen LogP contribution in [0.2, 0.25) is 0 Å². The maximum absolute atomic E-state index is 10.4. The Labute approximate surface area is 63.6 Å². The highest BCUT2D eigenvalue weighted by molar-refractivity contribution is 5.97. The zero-order valence-corrected chi connectivity index (χ0v) is 8.13. The lowest BCUT2D eigenvalue weighted by molar-refractivity contribution is -0.137. The van der Waals surface area contributed by atoms with Gasteiger partial charge in [-0.2, -0.15) is 0 Å². The van der Waals surface area contributed by atoms with Gasteiger partial charge in [-0.1, -0.05) is 6.58 Å². The second kappa shape index (κ2) is 6.51. The molecule has 0 N–H and O–H groups in total. The smallest absolute Gasteiger partial charge is 0.330 e. The SMILES string of the molecule is C=CC(=O)OCCCO[SiH3]. The van der Waals surface area contributed by atoms with Crippen LogP contribution in [0.3, 0.4) is 0 Å². The highest BCUT2D eigenvalue weighted by atomic mass is 28.2. The molecular weight excluding hydrogens is 148 g/mol. The molecule has 0 aromatic heterocycles. The van der Waals surface area contributed by atoms with Gasteiger partial charge in [-0.3, -0.25) is 0 Å². The van der Waals surface area contributed by atoms with E-state index in [1.807, 2.05) is 0 Å². The zero-order valence-electron chi connectivity index (χ0n) is 6.13. The predicted molar refractivity (Wildman–Crippen MR) is 41.7 cm³/mol. The largest absolute Gasteiger partial charge is 0.462 e. The Bertz CT molecular complexity index is 114. The van der Waals surface area contributed by atoms with Crippen molar-refractivity contribution < 1.29 is 14.0 Å². The monoisotopic (exact) mass is 160 g/mol. The van der Waals surface area contributed by atoms with Crippen molar-refractivity contribution in [1.82, 2.24) is 0 Å². The lowest BCUT2D eigenvalue weighted by Gasteiger charge is -1.99. The molecule has 0 bridgehead atoms. The fourth-order valence-corrected chi connectivity index (χ4v) is 0.724. The maximum Gasteiger partial charge on any atom is 0.330 e. The van der Waals surface area contributed by atoms with Crippen LogP contribution in [-0.2, 0) is 14.0 Å². The standard InChI is InChI=1S/C6H12O3Si/c1-2-6(7)8-4-3-5-9-10/h2H,1,3-5H2,10H3. The summed E-state index contributed by atoms with van der Waals surface area (Å²) in [6.45, 7) is 4.36. The highest BCUT2D eigenvalue weighted by Crippen LogP contribution is 1.84. The summed E-state index contributed by atoms with van der Waals surface area (Å²) in [5.41, 5.74) is 0. The van der Waals surface area contributed by atoms with Crippen molar-refractivity contribution in [3.63, 3.8) is 0 Å². The Balaban J connectivity index is 3.03. The third-order valence-electron chi connectivity index (χ3n) is 0.904. The van der Waals surface area contributed by atoms with Crippen LogP contribution in [0.4, 0.5) is 0 Å². The first-order valence-electron chi connectivity index (χ1n) is 3.09. The molecule has 0 radical (unpaired) electrons. The van der Waals surface area contributed by atoms with Gasteiger partial charge < -0.3 is 9.16 Å². The predicted octanol–water partition coefficient (Wildman–Crippen LogP) is -0.597. The van der Waals surface area contributed by atoms with Crippen LogP contribution in [0.25, 0.3) is 0 Å². The molecule has 0 aliphatic carbocycles. The summed E-state index contributed by atoms with van der Waals surface area (Å²) in [7, 11) is 0.742. The van der Waals surface area contributed by atoms with Crippen molar-refractivity contribution in [3.8, 4) is 0 Å². The number of esters is 1. The quantitative estimate of drug-likeness (QED) is 0.233. The van der Waals surface area contributed by atoms with Crippen LogP contribution in [0, 0.1) is 0 Å². The third-order valence-corrected chi connectivity index (χ3v) is 1.31. The topological polar surface area (TPSA) is 35.5 Å². The van der Waals surface area contributed by atoms with Gasteiger partial charge in [0.1, 0.15) is 10.5 Å². The molecule has 0 atom stereocenters. The van der Waals surface area contributed by atoms with Crippen LogP contribution in [0.15, 0.2) is 12.7 Å². The molecule has 58 valence electrons. The Kier molecular flexibility index (Phi) is 6.11. The molecule has 0 aromatic carbocycles. The van der Waals surface area contributed by atoms with E-state index in [1.165, 1.54) is 0 Å². The molecule has 0 rings (SSSR count). The van der Waals surface area contributed by atoms with Crippen LogP contribution in [-0.4, -0.2) is 29.7 Å². The summed E-state index contributed by atoms with van der Waals surface area (Å²) < 4.78 is 9.55. The first-order chi connectivity index (χ1) is 4.81. The first-order valence-corrected chi connectivity index (χ1v) is 3.91. The van der Waals surface area contributed by atoms with E-state index in [4.69, 9.17) is 4.43 Å². The molecule has 0 unspecified atom stereocenters. The number of hydrogen-bond acceptors (Lipinski definition) is 3. The lowest BCUT2D eigenvalue weighted by Crippen LogP contribution is -2.04. The molecule has 0 spiro atoms. The van der Waals surface area contributed by atoms with Gasteiger partial charge in [-0.25, -0.2) is 4.79 Å². The second-order valence-electron chi connectivity index (χ2n) is 1.72. The van der Waals surface area contributed by atoms with E-state index in [-0.39, 0.29) is 5.97 Å². The minimum Gasteiger partial charge on any atom is -0.462 e. The van der Waals surface area contributed by atoms with Crippen LogP contribution >= 0.6 is 0 Å². The van der Waals surface area contributed by atoms with E-state index >= 15 is 0 Å². The van der Waals surface area contributed by atoms with Gasteiger partial charge in [0.05, 0.1) is 6.61 Å². The minimum absolute atomic E-state index is 0.367. The molecule has 0 saturated heterocycles. The average Bonchev–Trinajstić information content (AvgIpc) is 1.98. The molecule has 4 heteroatoms. The van der Waals surface area contributed by atoms with Crippen molar-refractivity contribution in [2.45, 2.75) is 6.42 Å².